The third kappa shape index (κ3) is 2.84. The normalized spacial score (nSPS) is 8.08. The number of nitro groups is 1. The number of hydrogen-bond donors (Lipinski definition) is 0. The SMILES string of the molecule is C=C.O=[N+]([O-])c1ccccc1Br. The highest BCUT2D eigenvalue weighted by molar-refractivity contribution is 9.10. The minimum absolute atomic E-state index is 0.0995. The van der Waals surface area contributed by atoms with Gasteiger partial charge in [-0.15, -0.1) is 13.2 Å². The summed E-state index contributed by atoms with van der Waals surface area (Å²) in [4.78, 5) is 9.77. The molecule has 0 fully saturated rings. The molecule has 0 heterocycles. The second-order valence-corrected chi connectivity index (χ2v) is 2.56. The number of nitrogens with zero attached hydrogens (tertiary/aromatic N) is 1. The first-order chi connectivity index (χ1) is 5.72. The summed E-state index contributed by atoms with van der Waals surface area (Å²) in [5.41, 5.74) is 0.0995. The van der Waals surface area contributed by atoms with Gasteiger partial charge in [-0.3, -0.25) is 10.1 Å². The van der Waals surface area contributed by atoms with E-state index in [0.717, 1.165) is 0 Å². The van der Waals surface area contributed by atoms with Crippen LogP contribution in [0.4, 0.5) is 5.69 Å². The van der Waals surface area contributed by atoms with Crippen LogP contribution in [0.25, 0.3) is 0 Å². The second kappa shape index (κ2) is 5.49. The van der Waals surface area contributed by atoms with Crippen molar-refractivity contribution in [1.29, 1.82) is 0 Å². The fourth-order valence-electron chi connectivity index (χ4n) is 0.600. The zero-order valence-electron chi connectivity index (χ0n) is 6.37. The minimum atomic E-state index is -0.427. The largest absolute Gasteiger partial charge is 0.283 e. The van der Waals surface area contributed by atoms with Crippen LogP contribution >= 0.6 is 15.9 Å². The summed E-state index contributed by atoms with van der Waals surface area (Å²) in [5, 5.41) is 10.2. The van der Waals surface area contributed by atoms with Gasteiger partial charge in [0.15, 0.2) is 0 Å². The van der Waals surface area contributed by atoms with Gasteiger partial charge in [0.1, 0.15) is 0 Å². The molecule has 3 nitrogen and oxygen atoms in total. The van der Waals surface area contributed by atoms with E-state index in [4.69, 9.17) is 0 Å². The van der Waals surface area contributed by atoms with E-state index in [1.807, 2.05) is 0 Å². The van der Waals surface area contributed by atoms with Crippen LogP contribution in [0.15, 0.2) is 41.9 Å². The Labute approximate surface area is 79.0 Å². The van der Waals surface area contributed by atoms with Gasteiger partial charge in [0.25, 0.3) is 5.69 Å². The first-order valence-corrected chi connectivity index (χ1v) is 3.90. The van der Waals surface area contributed by atoms with Crippen molar-refractivity contribution < 1.29 is 4.92 Å². The van der Waals surface area contributed by atoms with Crippen molar-refractivity contribution in [2.24, 2.45) is 0 Å². The van der Waals surface area contributed by atoms with Crippen molar-refractivity contribution in [2.75, 3.05) is 0 Å². The summed E-state index contributed by atoms with van der Waals surface area (Å²) >= 11 is 3.06. The molecule has 0 radical (unpaired) electrons. The molecule has 1 rings (SSSR count). The molecule has 4 heteroatoms. The predicted octanol–water partition coefficient (Wildman–Crippen LogP) is 3.16. The minimum Gasteiger partial charge on any atom is -0.258 e. The lowest BCUT2D eigenvalue weighted by molar-refractivity contribution is -0.385. The maximum atomic E-state index is 10.2. The lowest BCUT2D eigenvalue weighted by Gasteiger charge is -1.91. The molecule has 12 heavy (non-hydrogen) atoms. The molecule has 0 N–H and O–H groups in total. The zero-order valence-corrected chi connectivity index (χ0v) is 7.95. The lowest BCUT2D eigenvalue weighted by atomic mass is 10.3. The van der Waals surface area contributed by atoms with Crippen molar-refractivity contribution in [1.82, 2.24) is 0 Å². The van der Waals surface area contributed by atoms with Crippen molar-refractivity contribution in [3.05, 3.63) is 52.0 Å². The molecule has 0 aliphatic rings. The van der Waals surface area contributed by atoms with Gasteiger partial charge >= 0.3 is 0 Å². The Kier molecular flexibility index (Phi) is 4.96. The monoisotopic (exact) mass is 229 g/mol. The van der Waals surface area contributed by atoms with E-state index in [0.29, 0.717) is 4.47 Å². The third-order valence-corrected chi connectivity index (χ3v) is 1.72. The van der Waals surface area contributed by atoms with Crippen LogP contribution in [0.3, 0.4) is 0 Å². The van der Waals surface area contributed by atoms with Crippen molar-refractivity contribution in [3.8, 4) is 0 Å². The molecule has 64 valence electrons. The van der Waals surface area contributed by atoms with Crippen LogP contribution in [0.1, 0.15) is 0 Å². The van der Waals surface area contributed by atoms with Gasteiger partial charge in [-0.2, -0.15) is 0 Å². The van der Waals surface area contributed by atoms with Crippen LogP contribution in [0.5, 0.6) is 0 Å². The second-order valence-electron chi connectivity index (χ2n) is 1.71. The van der Waals surface area contributed by atoms with Crippen LogP contribution in [0.2, 0.25) is 0 Å². The van der Waals surface area contributed by atoms with E-state index in [-0.39, 0.29) is 5.69 Å². The fraction of sp³-hybridized carbons (Fsp3) is 0. The predicted molar refractivity (Wildman–Crippen MR) is 52.1 cm³/mol. The Hall–Kier alpha value is -1.16. The van der Waals surface area contributed by atoms with E-state index in [2.05, 4.69) is 29.1 Å². The average molecular weight is 230 g/mol. The molecular formula is C8H8BrNO2. The maximum Gasteiger partial charge on any atom is 0.283 e. The topological polar surface area (TPSA) is 43.1 Å². The molecule has 1 aromatic carbocycles. The maximum absolute atomic E-state index is 10.2. The molecule has 0 amide bonds. The summed E-state index contributed by atoms with van der Waals surface area (Å²) in [5.74, 6) is 0. The summed E-state index contributed by atoms with van der Waals surface area (Å²) < 4.78 is 0.514. The quantitative estimate of drug-likeness (QED) is 0.422. The third-order valence-electron chi connectivity index (χ3n) is 1.05. The first kappa shape index (κ1) is 10.8. The van der Waals surface area contributed by atoms with Crippen LogP contribution < -0.4 is 0 Å². The Bertz CT molecular complexity index is 276. The Morgan fingerprint density at radius 3 is 2.17 bits per heavy atom. The van der Waals surface area contributed by atoms with Gasteiger partial charge in [0.05, 0.1) is 9.40 Å². The van der Waals surface area contributed by atoms with Crippen LogP contribution in [-0.2, 0) is 0 Å². The van der Waals surface area contributed by atoms with E-state index in [9.17, 15) is 10.1 Å². The van der Waals surface area contributed by atoms with Gasteiger partial charge in [-0.1, -0.05) is 12.1 Å². The Balaban J connectivity index is 0.000000561. The summed E-state index contributed by atoms with van der Waals surface area (Å²) in [6, 6.07) is 6.45. The molecule has 0 atom stereocenters. The number of para-hydroxylation sites is 1. The molecule has 1 aromatic rings. The Morgan fingerprint density at radius 2 is 1.83 bits per heavy atom. The van der Waals surface area contributed by atoms with Gasteiger partial charge in [0, 0.05) is 6.07 Å². The number of benzene rings is 1. The van der Waals surface area contributed by atoms with Gasteiger partial charge < -0.3 is 0 Å². The van der Waals surface area contributed by atoms with Gasteiger partial charge in [-0.25, -0.2) is 0 Å². The van der Waals surface area contributed by atoms with Crippen molar-refractivity contribution >= 4 is 21.6 Å². The number of nitro benzene ring substituents is 1. The highest BCUT2D eigenvalue weighted by Crippen LogP contribution is 2.22. The number of rotatable bonds is 1. The number of halogens is 1. The lowest BCUT2D eigenvalue weighted by Crippen LogP contribution is -1.87. The zero-order chi connectivity index (χ0) is 9.56. The highest BCUT2D eigenvalue weighted by Gasteiger charge is 2.07. The summed E-state index contributed by atoms with van der Waals surface area (Å²) in [6.07, 6.45) is 0. The highest BCUT2D eigenvalue weighted by atomic mass is 79.9. The molecule has 0 saturated heterocycles. The molecule has 0 aliphatic heterocycles. The molecule has 0 unspecified atom stereocenters. The van der Waals surface area contributed by atoms with E-state index in [1.54, 1.807) is 18.2 Å². The Morgan fingerprint density at radius 1 is 1.33 bits per heavy atom. The summed E-state index contributed by atoms with van der Waals surface area (Å²) in [6.45, 7) is 6.00. The van der Waals surface area contributed by atoms with Crippen LogP contribution in [-0.4, -0.2) is 4.92 Å². The molecule has 0 spiro atoms. The van der Waals surface area contributed by atoms with Crippen molar-refractivity contribution in [2.45, 2.75) is 0 Å². The average Bonchev–Trinajstić information content (AvgIpc) is 2.08. The summed E-state index contributed by atoms with van der Waals surface area (Å²) in [7, 11) is 0. The van der Waals surface area contributed by atoms with E-state index < -0.39 is 4.92 Å². The van der Waals surface area contributed by atoms with E-state index in [1.165, 1.54) is 6.07 Å². The number of hydrogen-bond acceptors (Lipinski definition) is 2. The molecule has 0 saturated carbocycles. The van der Waals surface area contributed by atoms with Crippen LogP contribution in [0, 0.1) is 10.1 Å². The molecule has 0 aromatic heterocycles. The van der Waals surface area contributed by atoms with E-state index >= 15 is 0 Å². The first-order valence-electron chi connectivity index (χ1n) is 3.11. The fourth-order valence-corrected chi connectivity index (χ4v) is 1.03. The van der Waals surface area contributed by atoms with Gasteiger partial charge in [-0.05, 0) is 22.0 Å². The standard InChI is InChI=1S/C6H4BrNO2.C2H4/c7-5-3-1-2-4-6(5)8(9)10;1-2/h1-4H;1-2H2. The molecule has 0 bridgehead atoms. The molecule has 0 aliphatic carbocycles. The molecular weight excluding hydrogens is 222 g/mol. The smallest absolute Gasteiger partial charge is 0.258 e. The van der Waals surface area contributed by atoms with Gasteiger partial charge in [0.2, 0.25) is 0 Å². The van der Waals surface area contributed by atoms with Crippen molar-refractivity contribution in [3.63, 3.8) is 0 Å².